The molecular weight excluding hydrogens is 324 g/mol. The van der Waals surface area contributed by atoms with Crippen LogP contribution in [0, 0.1) is 6.92 Å². The van der Waals surface area contributed by atoms with Crippen LogP contribution in [0.25, 0.3) is 0 Å². The topological polar surface area (TPSA) is 101 Å². The Hall–Kier alpha value is -1.84. The van der Waals surface area contributed by atoms with Crippen molar-refractivity contribution in [2.24, 2.45) is 0 Å². The Morgan fingerprint density at radius 1 is 1.23 bits per heavy atom. The minimum Gasteiger partial charge on any atom is -0.301 e. The third-order valence-corrected chi connectivity index (χ3v) is 5.09. The van der Waals surface area contributed by atoms with Crippen molar-refractivity contribution in [1.82, 2.24) is 14.9 Å². The van der Waals surface area contributed by atoms with E-state index in [0.717, 1.165) is 5.56 Å². The van der Waals surface area contributed by atoms with Crippen molar-refractivity contribution in [3.05, 3.63) is 34.8 Å². The summed E-state index contributed by atoms with van der Waals surface area (Å²) in [6.07, 6.45) is 0.405. The van der Waals surface area contributed by atoms with Crippen molar-refractivity contribution < 1.29 is 13.2 Å². The van der Waals surface area contributed by atoms with Gasteiger partial charge in [-0.2, -0.15) is 0 Å². The van der Waals surface area contributed by atoms with E-state index in [4.69, 9.17) is 0 Å². The van der Waals surface area contributed by atoms with Crippen LogP contribution in [0.15, 0.2) is 29.2 Å². The Bertz CT molecular complexity index is 754. The zero-order chi connectivity index (χ0) is 16.2. The fourth-order valence-electron chi connectivity index (χ4n) is 1.65. The average Bonchev–Trinajstić information content (AvgIpc) is 2.85. The molecular formula is C13H16N4O3S2. The Kier molecular flexibility index (Phi) is 5.22. The lowest BCUT2D eigenvalue weighted by Gasteiger charge is -2.05. The number of nitrogens with zero attached hydrogens (tertiary/aromatic N) is 2. The minimum absolute atomic E-state index is 0.213. The van der Waals surface area contributed by atoms with Crippen molar-refractivity contribution in [2.45, 2.75) is 25.2 Å². The van der Waals surface area contributed by atoms with Crippen LogP contribution in [-0.2, 0) is 21.2 Å². The molecule has 1 heterocycles. The highest BCUT2D eigenvalue weighted by Crippen LogP contribution is 2.15. The Morgan fingerprint density at radius 3 is 2.55 bits per heavy atom. The highest BCUT2D eigenvalue weighted by Gasteiger charge is 2.13. The van der Waals surface area contributed by atoms with Crippen LogP contribution in [-0.4, -0.2) is 31.1 Å². The second-order valence-corrected chi connectivity index (χ2v) is 7.47. The number of amides is 1. The predicted octanol–water partition coefficient (Wildman–Crippen LogP) is 1.33. The number of hydrogen-bond acceptors (Lipinski definition) is 6. The Morgan fingerprint density at radius 2 is 1.91 bits per heavy atom. The number of aryl methyl sites for hydroxylation is 1. The number of carbonyl (C=O) groups is 1. The van der Waals surface area contributed by atoms with Gasteiger partial charge in [0.15, 0.2) is 0 Å². The molecule has 9 heteroatoms. The molecule has 0 aliphatic heterocycles. The van der Waals surface area contributed by atoms with Crippen LogP contribution >= 0.6 is 11.3 Å². The monoisotopic (exact) mass is 340 g/mol. The Labute approximate surface area is 132 Å². The Balaban J connectivity index is 1.91. The van der Waals surface area contributed by atoms with Gasteiger partial charge in [-0.3, -0.25) is 4.79 Å². The van der Waals surface area contributed by atoms with Gasteiger partial charge in [0, 0.05) is 19.9 Å². The third kappa shape index (κ3) is 4.58. The maximum absolute atomic E-state index is 12.1. The molecule has 7 nitrogen and oxygen atoms in total. The van der Waals surface area contributed by atoms with E-state index in [1.165, 1.54) is 18.3 Å². The van der Waals surface area contributed by atoms with E-state index in [9.17, 15) is 13.2 Å². The molecule has 0 aliphatic carbocycles. The molecule has 0 saturated heterocycles. The maximum Gasteiger partial charge on any atom is 0.240 e. The van der Waals surface area contributed by atoms with E-state index in [-0.39, 0.29) is 17.3 Å². The zero-order valence-electron chi connectivity index (χ0n) is 12.2. The first-order valence-electron chi connectivity index (χ1n) is 6.53. The van der Waals surface area contributed by atoms with Crippen LogP contribution in [0.2, 0.25) is 0 Å². The highest BCUT2D eigenvalue weighted by atomic mass is 32.2. The van der Waals surface area contributed by atoms with Gasteiger partial charge < -0.3 is 5.32 Å². The number of rotatable bonds is 6. The molecule has 0 fully saturated rings. The highest BCUT2D eigenvalue weighted by molar-refractivity contribution is 7.89. The lowest BCUT2D eigenvalue weighted by atomic mass is 10.2. The molecule has 22 heavy (non-hydrogen) atoms. The number of nitrogens with one attached hydrogen (secondary N) is 2. The van der Waals surface area contributed by atoms with Gasteiger partial charge in [-0.15, -0.1) is 10.2 Å². The fraction of sp³-hybridized carbons (Fsp3) is 0.308. The molecule has 2 N–H and O–H groups in total. The smallest absolute Gasteiger partial charge is 0.240 e. The van der Waals surface area contributed by atoms with Crippen LogP contribution in [0.4, 0.5) is 5.13 Å². The number of benzene rings is 1. The van der Waals surface area contributed by atoms with Gasteiger partial charge in [-0.05, 0) is 19.1 Å². The molecule has 0 radical (unpaired) electrons. The summed E-state index contributed by atoms with van der Waals surface area (Å²) in [5.41, 5.74) is 0.998. The third-order valence-electron chi connectivity index (χ3n) is 2.71. The van der Waals surface area contributed by atoms with Crippen LogP contribution < -0.4 is 10.0 Å². The first-order chi connectivity index (χ1) is 10.4. The fourth-order valence-corrected chi connectivity index (χ4v) is 3.47. The lowest BCUT2D eigenvalue weighted by molar-refractivity contribution is -0.114. The summed E-state index contributed by atoms with van der Waals surface area (Å²) in [6, 6.07) is 6.63. The SMILES string of the molecule is CC(=O)Nc1nnc(CCNS(=O)(=O)c2ccc(C)cc2)s1. The van der Waals surface area contributed by atoms with Gasteiger partial charge in [-0.1, -0.05) is 29.0 Å². The van der Waals surface area contributed by atoms with Gasteiger partial charge in [0.1, 0.15) is 5.01 Å². The minimum atomic E-state index is -3.52. The summed E-state index contributed by atoms with van der Waals surface area (Å²) >= 11 is 1.22. The molecule has 2 rings (SSSR count). The molecule has 1 aromatic carbocycles. The molecule has 118 valence electrons. The quantitative estimate of drug-likeness (QED) is 0.826. The largest absolute Gasteiger partial charge is 0.301 e. The number of aromatic nitrogens is 2. The van der Waals surface area contributed by atoms with Gasteiger partial charge >= 0.3 is 0 Å². The van der Waals surface area contributed by atoms with E-state index in [1.54, 1.807) is 24.3 Å². The zero-order valence-corrected chi connectivity index (χ0v) is 13.8. The first-order valence-corrected chi connectivity index (χ1v) is 8.83. The first kappa shape index (κ1) is 16.5. The average molecular weight is 340 g/mol. The maximum atomic E-state index is 12.1. The molecule has 0 saturated carbocycles. The van der Waals surface area contributed by atoms with Gasteiger partial charge in [0.25, 0.3) is 0 Å². The summed E-state index contributed by atoms with van der Waals surface area (Å²) in [5, 5.41) is 11.3. The normalized spacial score (nSPS) is 11.4. The van der Waals surface area contributed by atoms with Crippen molar-refractivity contribution in [1.29, 1.82) is 0 Å². The molecule has 2 aromatic rings. The second kappa shape index (κ2) is 6.95. The molecule has 0 atom stereocenters. The van der Waals surface area contributed by atoms with Gasteiger partial charge in [-0.25, -0.2) is 13.1 Å². The van der Waals surface area contributed by atoms with E-state index >= 15 is 0 Å². The van der Waals surface area contributed by atoms with E-state index in [0.29, 0.717) is 16.6 Å². The molecule has 1 aromatic heterocycles. The number of carbonyl (C=O) groups excluding carboxylic acids is 1. The summed E-state index contributed by atoms with van der Waals surface area (Å²) in [7, 11) is -3.52. The van der Waals surface area contributed by atoms with Crippen molar-refractivity contribution in [3.8, 4) is 0 Å². The van der Waals surface area contributed by atoms with Crippen LogP contribution in [0.1, 0.15) is 17.5 Å². The summed E-state index contributed by atoms with van der Waals surface area (Å²) < 4.78 is 26.7. The van der Waals surface area contributed by atoms with Crippen LogP contribution in [0.3, 0.4) is 0 Å². The number of hydrogen-bond donors (Lipinski definition) is 2. The molecule has 1 amide bonds. The molecule has 0 aliphatic rings. The summed E-state index contributed by atoms with van der Waals surface area (Å²) in [6.45, 7) is 3.49. The molecule has 0 spiro atoms. The number of anilines is 1. The lowest BCUT2D eigenvalue weighted by Crippen LogP contribution is -2.25. The number of sulfonamides is 1. The molecule has 0 bridgehead atoms. The summed E-state index contributed by atoms with van der Waals surface area (Å²) in [4.78, 5) is 11.1. The van der Waals surface area contributed by atoms with E-state index < -0.39 is 10.0 Å². The predicted molar refractivity (Wildman–Crippen MR) is 84.3 cm³/mol. The van der Waals surface area contributed by atoms with E-state index in [1.807, 2.05) is 6.92 Å². The standard InChI is InChI=1S/C13H16N4O3S2/c1-9-3-5-11(6-4-9)22(19,20)14-8-7-12-16-17-13(21-12)15-10(2)18/h3-6,14H,7-8H2,1-2H3,(H,15,17,18). The second-order valence-electron chi connectivity index (χ2n) is 4.64. The van der Waals surface area contributed by atoms with E-state index in [2.05, 4.69) is 20.2 Å². The van der Waals surface area contributed by atoms with Crippen molar-refractivity contribution >= 4 is 32.4 Å². The molecule has 0 unspecified atom stereocenters. The van der Waals surface area contributed by atoms with Crippen molar-refractivity contribution in [3.63, 3.8) is 0 Å². The van der Waals surface area contributed by atoms with Crippen molar-refractivity contribution in [2.75, 3.05) is 11.9 Å². The van der Waals surface area contributed by atoms with Crippen LogP contribution in [0.5, 0.6) is 0 Å². The van der Waals surface area contributed by atoms with Gasteiger partial charge in [0.05, 0.1) is 4.90 Å². The summed E-state index contributed by atoms with van der Waals surface area (Å²) in [5.74, 6) is -0.220. The van der Waals surface area contributed by atoms with Gasteiger partial charge in [0.2, 0.25) is 21.1 Å².